The Balaban J connectivity index is 1.95. The summed E-state index contributed by atoms with van der Waals surface area (Å²) in [6.07, 6.45) is 0.268. The molecule has 0 saturated carbocycles. The molecule has 1 fully saturated rings. The lowest BCUT2D eigenvalue weighted by Crippen LogP contribution is -2.58. The molecule has 0 aromatic heterocycles. The maximum Gasteiger partial charge on any atom is 0.408 e. The van der Waals surface area contributed by atoms with Crippen LogP contribution in [-0.2, 0) is 28.7 Å². The number of likely N-dealkylation sites (tertiary alicyclic amines) is 1. The molecule has 1 heterocycles. The van der Waals surface area contributed by atoms with Gasteiger partial charge in [-0.05, 0) is 44.6 Å². The van der Waals surface area contributed by atoms with Gasteiger partial charge in [0.25, 0.3) is 0 Å². The van der Waals surface area contributed by atoms with E-state index in [1.807, 2.05) is 20.8 Å². The van der Waals surface area contributed by atoms with Crippen molar-refractivity contribution in [2.45, 2.75) is 78.1 Å². The van der Waals surface area contributed by atoms with Crippen LogP contribution >= 0.6 is 0 Å². The van der Waals surface area contributed by atoms with E-state index in [-0.39, 0.29) is 18.0 Å². The smallest absolute Gasteiger partial charge is 0.408 e. The van der Waals surface area contributed by atoms with E-state index in [0.29, 0.717) is 24.9 Å². The van der Waals surface area contributed by atoms with Gasteiger partial charge in [-0.1, -0.05) is 57.7 Å². The molecule has 45 heavy (non-hydrogen) atoms. The highest BCUT2D eigenvalue weighted by molar-refractivity contribution is 5.97. The fourth-order valence-electron chi connectivity index (χ4n) is 4.62. The van der Waals surface area contributed by atoms with Crippen molar-refractivity contribution in [3.63, 3.8) is 0 Å². The zero-order valence-corrected chi connectivity index (χ0v) is 27.6. The van der Waals surface area contributed by atoms with E-state index in [4.69, 9.17) is 4.74 Å². The van der Waals surface area contributed by atoms with Gasteiger partial charge in [-0.2, -0.15) is 0 Å². The van der Waals surface area contributed by atoms with Gasteiger partial charge in [0.1, 0.15) is 23.7 Å². The Bertz CT molecular complexity index is 1270. The second-order valence-electron chi connectivity index (χ2n) is 13.3. The van der Waals surface area contributed by atoms with Gasteiger partial charge in [0.2, 0.25) is 29.5 Å². The van der Waals surface area contributed by atoms with Gasteiger partial charge in [0.15, 0.2) is 0 Å². The van der Waals surface area contributed by atoms with Crippen molar-refractivity contribution in [1.29, 1.82) is 0 Å². The molecule has 3 atom stereocenters. The lowest BCUT2D eigenvalue weighted by Gasteiger charge is -2.35. The highest BCUT2D eigenvalue weighted by Crippen LogP contribution is 2.26. The fraction of sp³-hybridized carbons (Fsp3) is 0.562. The summed E-state index contributed by atoms with van der Waals surface area (Å²) in [7, 11) is 3.16. The number of benzene rings is 1. The summed E-state index contributed by atoms with van der Waals surface area (Å²) in [5.74, 6) is -2.45. The first kappa shape index (κ1) is 36.8. The molecule has 3 unspecified atom stereocenters. The minimum atomic E-state index is -0.942. The second-order valence-corrected chi connectivity index (χ2v) is 13.3. The van der Waals surface area contributed by atoms with Crippen LogP contribution in [0.1, 0.15) is 66.0 Å². The van der Waals surface area contributed by atoms with E-state index in [0.717, 1.165) is 0 Å². The molecule has 0 aliphatic carbocycles. The number of likely N-dealkylation sites (N-methyl/N-ethyl adjacent to an activating group) is 1. The van der Waals surface area contributed by atoms with Crippen molar-refractivity contribution >= 4 is 35.6 Å². The average Bonchev–Trinajstić information content (AvgIpc) is 3.44. The zero-order chi connectivity index (χ0) is 34.1. The summed E-state index contributed by atoms with van der Waals surface area (Å²) in [5.41, 5.74) is -0.830. The van der Waals surface area contributed by atoms with Crippen molar-refractivity contribution in [3.8, 4) is 0 Å². The van der Waals surface area contributed by atoms with Gasteiger partial charge in [0.05, 0.1) is 6.54 Å². The van der Waals surface area contributed by atoms with Crippen molar-refractivity contribution in [2.24, 2.45) is 5.41 Å². The third-order valence-corrected chi connectivity index (χ3v) is 6.95. The summed E-state index contributed by atoms with van der Waals surface area (Å²) in [5, 5.41) is 10.4. The topological polar surface area (TPSA) is 166 Å². The van der Waals surface area contributed by atoms with Crippen LogP contribution in [0.4, 0.5) is 4.79 Å². The molecule has 6 amide bonds. The quantitative estimate of drug-likeness (QED) is 0.271. The Kier molecular flexibility index (Phi) is 12.7. The Morgan fingerprint density at radius 3 is 2.13 bits per heavy atom. The number of hydrogen-bond acceptors (Lipinski definition) is 7. The van der Waals surface area contributed by atoms with E-state index in [1.165, 1.54) is 9.80 Å². The summed E-state index contributed by atoms with van der Waals surface area (Å²) in [6.45, 7) is 14.0. The van der Waals surface area contributed by atoms with Crippen LogP contribution in [0.15, 0.2) is 42.5 Å². The lowest BCUT2D eigenvalue weighted by molar-refractivity contribution is -0.142. The lowest BCUT2D eigenvalue weighted by atomic mass is 9.85. The Hall–Kier alpha value is -4.42. The molecule has 0 radical (unpaired) electrons. The number of amides is 6. The average molecular weight is 629 g/mol. The zero-order valence-electron chi connectivity index (χ0n) is 27.6. The van der Waals surface area contributed by atoms with Crippen LogP contribution < -0.4 is 21.3 Å². The number of carbonyl (C=O) groups excluding carboxylic acids is 6. The molecule has 1 aromatic rings. The molecule has 13 heteroatoms. The number of nitrogens with zero attached hydrogens (tertiary/aromatic N) is 2. The Morgan fingerprint density at radius 2 is 1.58 bits per heavy atom. The van der Waals surface area contributed by atoms with Gasteiger partial charge < -0.3 is 35.8 Å². The standard InChI is InChI=1S/C32H48N6O7/c1-20(26(40)34-19-23(39)35-24(28(42)37(8)9)21-14-11-10-12-15-21)18-33-27(41)22-16-13-17-38(22)29(43)25(31(2,3)4)36-30(44)45-32(5,6)7/h10-12,14-15,22,24-25H,1,13,16-19H2,2-9H3,(H,33,41)(H,34,40)(H,35,39)(H,36,44). The predicted octanol–water partition coefficient (Wildman–Crippen LogP) is 1.65. The number of ether oxygens (including phenoxy) is 1. The van der Waals surface area contributed by atoms with Crippen LogP contribution in [0.3, 0.4) is 0 Å². The number of nitrogens with one attached hydrogen (secondary N) is 4. The molecule has 1 aliphatic rings. The first-order valence-electron chi connectivity index (χ1n) is 14.9. The molecule has 1 aliphatic heterocycles. The predicted molar refractivity (Wildman–Crippen MR) is 169 cm³/mol. The largest absolute Gasteiger partial charge is 0.444 e. The van der Waals surface area contributed by atoms with Crippen LogP contribution in [0.2, 0.25) is 0 Å². The van der Waals surface area contributed by atoms with E-state index in [2.05, 4.69) is 27.8 Å². The highest BCUT2D eigenvalue weighted by atomic mass is 16.6. The fourth-order valence-corrected chi connectivity index (χ4v) is 4.62. The molecular weight excluding hydrogens is 580 g/mol. The number of carbonyl (C=O) groups is 6. The maximum atomic E-state index is 13.6. The number of hydrogen-bond donors (Lipinski definition) is 4. The third-order valence-electron chi connectivity index (χ3n) is 6.95. The third kappa shape index (κ3) is 11.2. The van der Waals surface area contributed by atoms with Gasteiger partial charge in [-0.15, -0.1) is 0 Å². The summed E-state index contributed by atoms with van der Waals surface area (Å²) >= 11 is 0. The summed E-state index contributed by atoms with van der Waals surface area (Å²) in [6, 6.07) is 6.06. The number of rotatable bonds is 11. The minimum Gasteiger partial charge on any atom is -0.444 e. The normalized spacial score (nSPS) is 16.1. The van der Waals surface area contributed by atoms with Crippen molar-refractivity contribution in [2.75, 3.05) is 33.7 Å². The Morgan fingerprint density at radius 1 is 0.956 bits per heavy atom. The second kappa shape index (κ2) is 15.5. The van der Waals surface area contributed by atoms with Crippen LogP contribution in [0, 0.1) is 5.41 Å². The minimum absolute atomic E-state index is 0.00448. The SMILES string of the molecule is C=C(CNC(=O)C1CCCN1C(=O)C(NC(=O)OC(C)(C)C)C(C)(C)C)C(=O)NCC(=O)NC(C(=O)N(C)C)c1ccccc1. The summed E-state index contributed by atoms with van der Waals surface area (Å²) in [4.78, 5) is 79.9. The molecule has 1 aromatic carbocycles. The maximum absolute atomic E-state index is 13.6. The molecular formula is C32H48N6O7. The molecule has 248 valence electrons. The van der Waals surface area contributed by atoms with E-state index >= 15 is 0 Å². The molecule has 0 spiro atoms. The van der Waals surface area contributed by atoms with E-state index in [9.17, 15) is 28.8 Å². The van der Waals surface area contributed by atoms with Gasteiger partial charge in [-0.3, -0.25) is 24.0 Å². The molecule has 1 saturated heterocycles. The van der Waals surface area contributed by atoms with Crippen molar-refractivity contribution < 1.29 is 33.5 Å². The number of alkyl carbamates (subject to hydrolysis) is 1. The molecule has 0 bridgehead atoms. The van der Waals surface area contributed by atoms with E-state index < -0.39 is 65.4 Å². The van der Waals surface area contributed by atoms with Crippen LogP contribution in [-0.4, -0.2) is 96.8 Å². The van der Waals surface area contributed by atoms with Gasteiger partial charge in [0, 0.05) is 32.8 Å². The van der Waals surface area contributed by atoms with Gasteiger partial charge in [-0.25, -0.2) is 4.79 Å². The van der Waals surface area contributed by atoms with Crippen LogP contribution in [0.25, 0.3) is 0 Å². The molecule has 13 nitrogen and oxygen atoms in total. The van der Waals surface area contributed by atoms with E-state index in [1.54, 1.807) is 65.2 Å². The first-order chi connectivity index (χ1) is 20.8. The monoisotopic (exact) mass is 628 g/mol. The summed E-state index contributed by atoms with van der Waals surface area (Å²) < 4.78 is 5.34. The van der Waals surface area contributed by atoms with Crippen molar-refractivity contribution in [3.05, 3.63) is 48.0 Å². The molecule has 2 rings (SSSR count). The first-order valence-corrected chi connectivity index (χ1v) is 14.9. The Labute approximate surface area is 265 Å². The van der Waals surface area contributed by atoms with Gasteiger partial charge >= 0.3 is 6.09 Å². The molecule has 4 N–H and O–H groups in total. The van der Waals surface area contributed by atoms with Crippen molar-refractivity contribution in [1.82, 2.24) is 31.1 Å². The van der Waals surface area contributed by atoms with Crippen LogP contribution in [0.5, 0.6) is 0 Å². The highest BCUT2D eigenvalue weighted by Gasteiger charge is 2.42.